The molecule has 1 aromatic rings. The summed E-state index contributed by atoms with van der Waals surface area (Å²) in [6.45, 7) is 8.08. The molecule has 1 aromatic carbocycles. The summed E-state index contributed by atoms with van der Waals surface area (Å²) in [5, 5.41) is 0. The van der Waals surface area contributed by atoms with E-state index in [1.165, 1.54) is 11.1 Å². The molecule has 2 N–H and O–H groups in total. The lowest BCUT2D eigenvalue weighted by Crippen LogP contribution is -2.41. The lowest BCUT2D eigenvalue weighted by molar-refractivity contribution is -0.0324. The van der Waals surface area contributed by atoms with Crippen LogP contribution in [0, 0.1) is 6.92 Å². The molecule has 0 radical (unpaired) electrons. The fourth-order valence-electron chi connectivity index (χ4n) is 2.28. The van der Waals surface area contributed by atoms with Crippen molar-refractivity contribution < 1.29 is 4.74 Å². The molecule has 0 aliphatic carbocycles. The normalized spacial score (nSPS) is 21.6. The zero-order valence-corrected chi connectivity index (χ0v) is 10.8. The molecule has 1 fully saturated rings. The Balaban J connectivity index is 2.02. The number of morpholine rings is 1. The number of rotatable bonds is 3. The van der Waals surface area contributed by atoms with E-state index in [1.54, 1.807) is 0 Å². The van der Waals surface area contributed by atoms with Gasteiger partial charge in [-0.05, 0) is 25.0 Å². The van der Waals surface area contributed by atoms with Crippen molar-refractivity contribution in [1.82, 2.24) is 4.90 Å². The van der Waals surface area contributed by atoms with Crippen LogP contribution in [0.5, 0.6) is 0 Å². The van der Waals surface area contributed by atoms with E-state index >= 15 is 0 Å². The third kappa shape index (κ3) is 3.20. The summed E-state index contributed by atoms with van der Waals surface area (Å²) in [7, 11) is 0. The molecule has 0 spiro atoms. The summed E-state index contributed by atoms with van der Waals surface area (Å²) in [5.74, 6) is 0. The zero-order valence-electron chi connectivity index (χ0n) is 10.8. The highest BCUT2D eigenvalue weighted by atomic mass is 16.5. The van der Waals surface area contributed by atoms with Crippen molar-refractivity contribution in [3.8, 4) is 0 Å². The van der Waals surface area contributed by atoms with Gasteiger partial charge < -0.3 is 10.5 Å². The minimum atomic E-state index is 0.384. The Labute approximate surface area is 104 Å². The van der Waals surface area contributed by atoms with Gasteiger partial charge in [0.25, 0.3) is 0 Å². The van der Waals surface area contributed by atoms with Gasteiger partial charge in [0.15, 0.2) is 0 Å². The predicted molar refractivity (Wildman–Crippen MR) is 70.9 cm³/mol. The molecule has 0 aromatic heterocycles. The molecular weight excluding hydrogens is 212 g/mol. The van der Waals surface area contributed by atoms with Crippen LogP contribution in [0.1, 0.15) is 24.5 Å². The molecule has 1 atom stereocenters. The smallest absolute Gasteiger partial charge is 0.0700 e. The number of nitrogen functional groups attached to an aromatic ring is 1. The van der Waals surface area contributed by atoms with Gasteiger partial charge >= 0.3 is 0 Å². The number of nitrogens with zero attached hydrogens (tertiary/aromatic N) is 1. The number of anilines is 1. The maximum atomic E-state index is 6.02. The van der Waals surface area contributed by atoms with Crippen LogP contribution in [0.2, 0.25) is 0 Å². The highest BCUT2D eigenvalue weighted by Crippen LogP contribution is 2.18. The summed E-state index contributed by atoms with van der Waals surface area (Å²) >= 11 is 0. The first kappa shape index (κ1) is 12.4. The second kappa shape index (κ2) is 5.52. The molecule has 1 heterocycles. The fourth-order valence-corrected chi connectivity index (χ4v) is 2.28. The second-order valence-corrected chi connectivity index (χ2v) is 4.84. The third-order valence-corrected chi connectivity index (χ3v) is 3.37. The molecular formula is C14H22N2O. The van der Waals surface area contributed by atoms with E-state index in [0.717, 1.165) is 38.3 Å². The lowest BCUT2D eigenvalue weighted by atomic mass is 10.1. The van der Waals surface area contributed by atoms with Crippen LogP contribution >= 0.6 is 0 Å². The van der Waals surface area contributed by atoms with Crippen LogP contribution in [0.25, 0.3) is 0 Å². The van der Waals surface area contributed by atoms with Crippen molar-refractivity contribution in [2.24, 2.45) is 0 Å². The highest BCUT2D eigenvalue weighted by molar-refractivity contribution is 5.48. The van der Waals surface area contributed by atoms with Gasteiger partial charge in [0.2, 0.25) is 0 Å². The minimum Gasteiger partial charge on any atom is -0.398 e. The molecule has 3 nitrogen and oxygen atoms in total. The van der Waals surface area contributed by atoms with Crippen LogP contribution in [0.3, 0.4) is 0 Å². The minimum absolute atomic E-state index is 0.384. The second-order valence-electron chi connectivity index (χ2n) is 4.84. The molecule has 0 saturated carbocycles. The van der Waals surface area contributed by atoms with Crippen molar-refractivity contribution in [1.29, 1.82) is 0 Å². The van der Waals surface area contributed by atoms with Crippen LogP contribution < -0.4 is 5.73 Å². The first-order chi connectivity index (χ1) is 8.19. The molecule has 1 saturated heterocycles. The number of hydrogen-bond acceptors (Lipinski definition) is 3. The van der Waals surface area contributed by atoms with Gasteiger partial charge in [-0.3, -0.25) is 4.90 Å². The van der Waals surface area contributed by atoms with Crippen LogP contribution in [-0.4, -0.2) is 30.7 Å². The zero-order chi connectivity index (χ0) is 12.3. The maximum Gasteiger partial charge on any atom is 0.0700 e. The molecule has 1 aliphatic rings. The van der Waals surface area contributed by atoms with Crippen molar-refractivity contribution >= 4 is 5.69 Å². The number of ether oxygens (including phenoxy) is 1. The Morgan fingerprint density at radius 3 is 3.06 bits per heavy atom. The van der Waals surface area contributed by atoms with E-state index in [-0.39, 0.29) is 0 Å². The quantitative estimate of drug-likeness (QED) is 0.815. The number of nitrogens with two attached hydrogens (primary N) is 1. The van der Waals surface area contributed by atoms with Crippen molar-refractivity contribution in [2.75, 3.05) is 25.4 Å². The Morgan fingerprint density at radius 2 is 2.29 bits per heavy atom. The molecule has 17 heavy (non-hydrogen) atoms. The molecule has 1 aliphatic heterocycles. The average molecular weight is 234 g/mol. The third-order valence-electron chi connectivity index (χ3n) is 3.37. The molecule has 0 amide bonds. The molecule has 94 valence electrons. The maximum absolute atomic E-state index is 6.02. The molecule has 3 heteroatoms. The fraction of sp³-hybridized carbons (Fsp3) is 0.571. The SMILES string of the molecule is CCC1CN(Cc2cc(C)ccc2N)CCO1. The highest BCUT2D eigenvalue weighted by Gasteiger charge is 2.19. The molecule has 0 bridgehead atoms. The van der Waals surface area contributed by atoms with E-state index in [2.05, 4.69) is 30.9 Å². The monoisotopic (exact) mass is 234 g/mol. The summed E-state index contributed by atoms with van der Waals surface area (Å²) in [6, 6.07) is 6.25. The summed E-state index contributed by atoms with van der Waals surface area (Å²) in [6.07, 6.45) is 1.47. The summed E-state index contributed by atoms with van der Waals surface area (Å²) in [5.41, 5.74) is 9.42. The van der Waals surface area contributed by atoms with Gasteiger partial charge in [-0.1, -0.05) is 24.6 Å². The Kier molecular flexibility index (Phi) is 4.02. The van der Waals surface area contributed by atoms with Gasteiger partial charge in [0, 0.05) is 25.3 Å². The lowest BCUT2D eigenvalue weighted by Gasteiger charge is -2.32. The van der Waals surface area contributed by atoms with Crippen LogP contribution in [0.15, 0.2) is 18.2 Å². The predicted octanol–water partition coefficient (Wildman–Crippen LogP) is 2.19. The Morgan fingerprint density at radius 1 is 1.47 bits per heavy atom. The van der Waals surface area contributed by atoms with Crippen molar-refractivity contribution in [3.63, 3.8) is 0 Å². The summed E-state index contributed by atoms with van der Waals surface area (Å²) in [4.78, 5) is 2.43. The Hall–Kier alpha value is -1.06. The first-order valence-corrected chi connectivity index (χ1v) is 6.38. The topological polar surface area (TPSA) is 38.5 Å². The number of benzene rings is 1. The van der Waals surface area contributed by atoms with E-state index < -0.39 is 0 Å². The standard InChI is InChI=1S/C14H22N2O/c1-3-13-10-16(6-7-17-13)9-12-8-11(2)4-5-14(12)15/h4-5,8,13H,3,6-7,9-10,15H2,1-2H3. The van der Waals surface area contributed by atoms with Gasteiger partial charge in [-0.15, -0.1) is 0 Å². The van der Waals surface area contributed by atoms with Crippen molar-refractivity contribution in [3.05, 3.63) is 29.3 Å². The number of aryl methyl sites for hydroxylation is 1. The molecule has 2 rings (SSSR count). The van der Waals surface area contributed by atoms with E-state index in [1.807, 2.05) is 6.07 Å². The van der Waals surface area contributed by atoms with Gasteiger partial charge in [0.05, 0.1) is 12.7 Å². The molecule has 1 unspecified atom stereocenters. The van der Waals surface area contributed by atoms with E-state index in [0.29, 0.717) is 6.10 Å². The van der Waals surface area contributed by atoms with Gasteiger partial charge in [-0.25, -0.2) is 0 Å². The van der Waals surface area contributed by atoms with Gasteiger partial charge in [0.1, 0.15) is 0 Å². The van der Waals surface area contributed by atoms with Crippen LogP contribution in [-0.2, 0) is 11.3 Å². The van der Waals surface area contributed by atoms with Gasteiger partial charge in [-0.2, -0.15) is 0 Å². The van der Waals surface area contributed by atoms with Crippen LogP contribution in [0.4, 0.5) is 5.69 Å². The summed E-state index contributed by atoms with van der Waals surface area (Å²) < 4.78 is 5.68. The largest absolute Gasteiger partial charge is 0.398 e. The Bertz CT molecular complexity index is 378. The average Bonchev–Trinajstić information content (AvgIpc) is 2.34. The van der Waals surface area contributed by atoms with E-state index in [4.69, 9.17) is 10.5 Å². The van der Waals surface area contributed by atoms with Crippen molar-refractivity contribution in [2.45, 2.75) is 32.9 Å². The first-order valence-electron chi connectivity index (χ1n) is 6.38. The number of hydrogen-bond donors (Lipinski definition) is 1. The van der Waals surface area contributed by atoms with E-state index in [9.17, 15) is 0 Å².